The predicted octanol–water partition coefficient (Wildman–Crippen LogP) is 2.76. The fourth-order valence-electron chi connectivity index (χ4n) is 2.92. The molecule has 0 fully saturated rings. The lowest BCUT2D eigenvalue weighted by molar-refractivity contribution is 0.0332. The first-order valence-electron chi connectivity index (χ1n) is 9.45. The summed E-state index contributed by atoms with van der Waals surface area (Å²) < 4.78 is 5.58. The van der Waals surface area contributed by atoms with Crippen molar-refractivity contribution in [1.82, 2.24) is 4.90 Å². The second-order valence-electron chi connectivity index (χ2n) is 6.99. The van der Waals surface area contributed by atoms with E-state index in [1.807, 2.05) is 32.9 Å². The molecule has 3 N–H and O–H groups in total. The van der Waals surface area contributed by atoms with Crippen LogP contribution < -0.4 is 5.73 Å². The van der Waals surface area contributed by atoms with Gasteiger partial charge in [0.2, 0.25) is 0 Å². The quantitative estimate of drug-likeness (QED) is 0.697. The van der Waals surface area contributed by atoms with Crippen LogP contribution in [0.3, 0.4) is 0 Å². The van der Waals surface area contributed by atoms with Crippen molar-refractivity contribution in [3.05, 3.63) is 35.2 Å². The molecule has 1 atom stereocenters. The number of rotatable bonds is 8. The average molecular weight is 361 g/mol. The molecular formula is C20H32N4O2. The molecule has 0 spiro atoms. The maximum atomic E-state index is 10.5. The van der Waals surface area contributed by atoms with Crippen LogP contribution >= 0.6 is 0 Å². The number of ether oxygens (including phenoxy) is 1. The maximum Gasteiger partial charge on any atom is 0.149 e. The maximum absolute atomic E-state index is 10.5. The third-order valence-electron chi connectivity index (χ3n) is 4.61. The Morgan fingerprint density at radius 2 is 2.08 bits per heavy atom. The number of dihydropyridines is 1. The zero-order chi connectivity index (χ0) is 19.2. The normalized spacial score (nSPS) is 21.7. The van der Waals surface area contributed by atoms with E-state index in [0.29, 0.717) is 38.6 Å². The first-order valence-corrected chi connectivity index (χ1v) is 9.45. The van der Waals surface area contributed by atoms with Gasteiger partial charge in [-0.05, 0) is 38.3 Å². The summed E-state index contributed by atoms with van der Waals surface area (Å²) in [7, 11) is 0. The first kappa shape index (κ1) is 20.4. The van der Waals surface area contributed by atoms with E-state index in [4.69, 9.17) is 15.5 Å². The van der Waals surface area contributed by atoms with Gasteiger partial charge in [0.25, 0.3) is 0 Å². The molecule has 2 rings (SSSR count). The SMILES string of the molecule is CC/C=C\C=C1/CC2=C(N=C(COCC)N(CC(C)(O)CC)C2)C(N)=N1. The molecule has 0 saturated heterocycles. The summed E-state index contributed by atoms with van der Waals surface area (Å²) in [5.74, 6) is 1.26. The summed E-state index contributed by atoms with van der Waals surface area (Å²) in [5.41, 5.74) is 8.26. The minimum atomic E-state index is -0.776. The monoisotopic (exact) mass is 360 g/mol. The highest BCUT2D eigenvalue weighted by Crippen LogP contribution is 2.28. The van der Waals surface area contributed by atoms with E-state index >= 15 is 0 Å². The van der Waals surface area contributed by atoms with Crippen molar-refractivity contribution in [2.75, 3.05) is 26.3 Å². The molecular weight excluding hydrogens is 328 g/mol. The van der Waals surface area contributed by atoms with Gasteiger partial charge in [0.15, 0.2) is 0 Å². The van der Waals surface area contributed by atoms with Gasteiger partial charge in [-0.2, -0.15) is 0 Å². The van der Waals surface area contributed by atoms with Crippen LogP contribution in [0.1, 0.15) is 47.0 Å². The van der Waals surface area contributed by atoms with Crippen molar-refractivity contribution in [2.24, 2.45) is 15.7 Å². The molecule has 0 aliphatic carbocycles. The summed E-state index contributed by atoms with van der Waals surface area (Å²) in [5, 5.41) is 10.5. The molecule has 0 aromatic carbocycles. The van der Waals surface area contributed by atoms with Crippen LogP contribution in [0.15, 0.2) is 45.2 Å². The highest BCUT2D eigenvalue weighted by atomic mass is 16.5. The number of nitrogens with two attached hydrogens (primary N) is 1. The Balaban J connectivity index is 2.27. The van der Waals surface area contributed by atoms with Crippen LogP contribution in [0.5, 0.6) is 0 Å². The summed E-state index contributed by atoms with van der Waals surface area (Å²) in [6.45, 7) is 10.1. The fourth-order valence-corrected chi connectivity index (χ4v) is 2.92. The van der Waals surface area contributed by atoms with Gasteiger partial charge in [0.05, 0.1) is 5.60 Å². The van der Waals surface area contributed by atoms with E-state index < -0.39 is 5.60 Å². The molecule has 0 amide bonds. The highest BCUT2D eigenvalue weighted by molar-refractivity contribution is 6.03. The van der Waals surface area contributed by atoms with Gasteiger partial charge in [0, 0.05) is 31.8 Å². The van der Waals surface area contributed by atoms with Crippen molar-refractivity contribution in [3.8, 4) is 0 Å². The van der Waals surface area contributed by atoms with E-state index in [9.17, 15) is 5.11 Å². The van der Waals surface area contributed by atoms with E-state index in [1.54, 1.807) is 0 Å². The van der Waals surface area contributed by atoms with Crippen LogP contribution in [0.4, 0.5) is 0 Å². The number of hydrogen-bond acceptors (Lipinski definition) is 6. The molecule has 144 valence electrons. The zero-order valence-electron chi connectivity index (χ0n) is 16.5. The summed E-state index contributed by atoms with van der Waals surface area (Å²) in [6, 6.07) is 0. The van der Waals surface area contributed by atoms with Crippen molar-refractivity contribution < 1.29 is 9.84 Å². The van der Waals surface area contributed by atoms with Gasteiger partial charge in [-0.1, -0.05) is 26.0 Å². The van der Waals surface area contributed by atoms with Gasteiger partial charge in [0.1, 0.15) is 24.0 Å². The Labute approximate surface area is 156 Å². The molecule has 0 radical (unpaired) electrons. The number of allylic oxidation sites excluding steroid dienone is 4. The van der Waals surface area contributed by atoms with E-state index in [2.05, 4.69) is 22.9 Å². The third-order valence-corrected chi connectivity index (χ3v) is 4.61. The molecule has 6 nitrogen and oxygen atoms in total. The predicted molar refractivity (Wildman–Crippen MR) is 107 cm³/mol. The molecule has 0 bridgehead atoms. The smallest absolute Gasteiger partial charge is 0.149 e. The van der Waals surface area contributed by atoms with Crippen LogP contribution in [0.25, 0.3) is 0 Å². The number of aliphatic imine (C=N–C) groups is 2. The topological polar surface area (TPSA) is 83.4 Å². The second kappa shape index (κ2) is 9.14. The van der Waals surface area contributed by atoms with Crippen molar-refractivity contribution in [2.45, 2.75) is 52.6 Å². The number of amidine groups is 2. The summed E-state index contributed by atoms with van der Waals surface area (Å²) in [4.78, 5) is 11.3. The molecule has 6 heteroatoms. The third kappa shape index (κ3) is 5.29. The molecule has 2 heterocycles. The summed E-state index contributed by atoms with van der Waals surface area (Å²) in [6.07, 6.45) is 8.50. The Morgan fingerprint density at radius 3 is 2.73 bits per heavy atom. The van der Waals surface area contributed by atoms with E-state index in [-0.39, 0.29) is 0 Å². The first-order chi connectivity index (χ1) is 12.4. The molecule has 26 heavy (non-hydrogen) atoms. The largest absolute Gasteiger partial charge is 0.388 e. The highest BCUT2D eigenvalue weighted by Gasteiger charge is 2.30. The lowest BCUT2D eigenvalue weighted by Gasteiger charge is -2.37. The van der Waals surface area contributed by atoms with Gasteiger partial charge < -0.3 is 20.5 Å². The Morgan fingerprint density at radius 1 is 1.31 bits per heavy atom. The number of nitrogens with zero attached hydrogens (tertiary/aromatic N) is 3. The van der Waals surface area contributed by atoms with Crippen molar-refractivity contribution in [1.29, 1.82) is 0 Å². The van der Waals surface area contributed by atoms with E-state index in [0.717, 1.165) is 35.6 Å². The minimum Gasteiger partial charge on any atom is -0.388 e. The molecule has 1 unspecified atom stereocenters. The minimum absolute atomic E-state index is 0.405. The Hall–Kier alpha value is -1.92. The van der Waals surface area contributed by atoms with Gasteiger partial charge >= 0.3 is 0 Å². The van der Waals surface area contributed by atoms with Crippen LogP contribution in [0.2, 0.25) is 0 Å². The number of hydrogen-bond donors (Lipinski definition) is 2. The molecule has 0 saturated carbocycles. The van der Waals surface area contributed by atoms with Crippen LogP contribution in [-0.2, 0) is 4.74 Å². The molecule has 2 aliphatic rings. The van der Waals surface area contributed by atoms with Gasteiger partial charge in [-0.25, -0.2) is 9.98 Å². The van der Waals surface area contributed by atoms with Gasteiger partial charge in [-0.3, -0.25) is 0 Å². The zero-order valence-corrected chi connectivity index (χ0v) is 16.5. The Kier molecular flexibility index (Phi) is 7.17. The van der Waals surface area contributed by atoms with E-state index in [1.165, 1.54) is 0 Å². The number of β-amino-alcohol motifs (C(OH)–C–C–N with tert-alkyl or cyclic N) is 1. The Bertz CT molecular complexity index is 657. The molecule has 0 aromatic rings. The van der Waals surface area contributed by atoms with Crippen LogP contribution in [0, 0.1) is 0 Å². The molecule has 0 aromatic heterocycles. The van der Waals surface area contributed by atoms with Crippen molar-refractivity contribution in [3.63, 3.8) is 0 Å². The molecule has 2 aliphatic heterocycles. The van der Waals surface area contributed by atoms with Gasteiger partial charge in [-0.15, -0.1) is 0 Å². The van der Waals surface area contributed by atoms with Crippen molar-refractivity contribution >= 4 is 11.7 Å². The summed E-state index contributed by atoms with van der Waals surface area (Å²) >= 11 is 0. The van der Waals surface area contributed by atoms with Crippen LogP contribution in [-0.4, -0.2) is 53.6 Å². The second-order valence-corrected chi connectivity index (χ2v) is 6.99. The lowest BCUT2D eigenvalue weighted by Crippen LogP contribution is -2.48. The standard InChI is InChI=1S/C20H32N4O2/c1-5-8-9-10-16-11-15-12-24(14-20(4,25)6-2)17(13-26-7-3)23-18(15)19(21)22-16/h8-10,25H,5-7,11-14H2,1-4H3,(H2,21,22)/b9-8-,16-10+. The fraction of sp³-hybridized carbons (Fsp3) is 0.600. The number of aliphatic hydroxyl groups is 1. The average Bonchev–Trinajstić information content (AvgIpc) is 2.60. The lowest BCUT2D eigenvalue weighted by atomic mass is 9.98.